The van der Waals surface area contributed by atoms with Crippen molar-refractivity contribution in [3.8, 4) is 11.1 Å². The molecule has 0 spiro atoms. The molecule has 0 bridgehead atoms. The third-order valence-corrected chi connectivity index (χ3v) is 11.3. The molecule has 6 nitrogen and oxygen atoms in total. The Hall–Kier alpha value is -2.46. The Labute approximate surface area is 239 Å². The summed E-state index contributed by atoms with van der Waals surface area (Å²) >= 11 is 0. The zero-order valence-corrected chi connectivity index (χ0v) is 30.4. The Bertz CT molecular complexity index is 1190. The van der Waals surface area contributed by atoms with Crippen molar-refractivity contribution in [1.29, 1.82) is 0 Å². The molecule has 0 aliphatic heterocycles. The third kappa shape index (κ3) is 15.0. The van der Waals surface area contributed by atoms with Crippen LogP contribution in [0.1, 0.15) is 20.7 Å². The van der Waals surface area contributed by atoms with Crippen LogP contribution in [0.2, 0.25) is 78.6 Å². The van der Waals surface area contributed by atoms with E-state index < -0.39 is 43.9 Å². The van der Waals surface area contributed by atoms with E-state index in [-0.39, 0.29) is 11.5 Å². The quantitative estimate of drug-likeness (QED) is 0.252. The summed E-state index contributed by atoms with van der Waals surface area (Å²) in [5, 5.41) is 2.89. The van der Waals surface area contributed by atoms with Crippen LogP contribution in [0, 0.1) is 11.1 Å². The number of carbonyl (C=O) groups is 2. The molecule has 2 aromatic rings. The Morgan fingerprint density at radius 2 is 1.05 bits per heavy atom. The van der Waals surface area contributed by atoms with Crippen molar-refractivity contribution in [2.24, 2.45) is 0 Å². The summed E-state index contributed by atoms with van der Waals surface area (Å²) < 4.78 is 13.6. The molecule has 0 saturated carbocycles. The molecule has 1 heterocycles. The second kappa shape index (κ2) is 14.8. The molecule has 0 radical (unpaired) electrons. The van der Waals surface area contributed by atoms with Crippen molar-refractivity contribution in [2.45, 2.75) is 78.6 Å². The monoisotopic (exact) mass is 604 g/mol. The number of methoxy groups -OCH3 is 2. The lowest BCUT2D eigenvalue weighted by atomic mass is 10.2. The van der Waals surface area contributed by atoms with Gasteiger partial charge in [-0.2, -0.15) is 0 Å². The highest BCUT2D eigenvalue weighted by Gasteiger charge is 2.28. The van der Waals surface area contributed by atoms with Crippen LogP contribution in [0.15, 0.2) is 45.8 Å². The number of esters is 2. The second-order valence-electron chi connectivity index (χ2n) is 13.3. The molecule has 0 N–H and O–H groups in total. The van der Waals surface area contributed by atoms with Crippen molar-refractivity contribution in [1.82, 2.24) is 0 Å². The van der Waals surface area contributed by atoms with Crippen LogP contribution in [0.5, 0.6) is 0 Å². The van der Waals surface area contributed by atoms with E-state index in [2.05, 4.69) is 111 Å². The number of carbonyl (C=O) groups excluding carboxylic acids is 2. The Morgan fingerprint density at radius 1 is 0.641 bits per heavy atom. The minimum atomic E-state index is -1.45. The van der Waals surface area contributed by atoms with Crippen LogP contribution in [0.25, 0.3) is 0 Å². The Balaban J connectivity index is 0.000000593. The lowest BCUT2D eigenvalue weighted by molar-refractivity contribution is 0.0590. The first kappa shape index (κ1) is 36.5. The highest BCUT2D eigenvalue weighted by atomic mass is 28.3. The molecule has 1 aromatic carbocycles. The highest BCUT2D eigenvalue weighted by molar-refractivity contribution is 6.98. The van der Waals surface area contributed by atoms with Gasteiger partial charge in [0.1, 0.15) is 22.4 Å². The highest BCUT2D eigenvalue weighted by Crippen LogP contribution is 2.10. The molecule has 0 aliphatic carbocycles. The summed E-state index contributed by atoms with van der Waals surface area (Å²) in [4.78, 5) is 32.8. The predicted octanol–water partition coefficient (Wildman–Crippen LogP) is 5.73. The van der Waals surface area contributed by atoms with Crippen LogP contribution in [0.4, 0.5) is 0 Å². The minimum absolute atomic E-state index is 0.229. The number of rotatable bonds is 4. The lowest BCUT2D eigenvalue weighted by Gasteiger charge is -2.28. The van der Waals surface area contributed by atoms with Crippen molar-refractivity contribution in [2.75, 3.05) is 14.2 Å². The molecule has 39 heavy (non-hydrogen) atoms. The van der Waals surface area contributed by atoms with Gasteiger partial charge in [-0.15, -0.1) is 11.1 Å². The number of hydrogen-bond donors (Lipinski definition) is 0. The second-order valence-corrected chi connectivity index (χ2v) is 32.9. The van der Waals surface area contributed by atoms with Gasteiger partial charge in [-0.05, 0) is 18.2 Å². The summed E-state index contributed by atoms with van der Waals surface area (Å²) in [5.74, 6) is -0.759. The van der Waals surface area contributed by atoms with Crippen LogP contribution in [-0.2, 0) is 9.47 Å². The zero-order valence-electron chi connectivity index (χ0n) is 26.4. The van der Waals surface area contributed by atoms with Gasteiger partial charge in [-0.3, -0.25) is 0 Å². The molecule has 1 aromatic heterocycles. The van der Waals surface area contributed by atoms with Gasteiger partial charge in [-0.25, -0.2) is 14.4 Å². The van der Waals surface area contributed by atoms with Gasteiger partial charge in [-0.1, -0.05) is 95.0 Å². The van der Waals surface area contributed by atoms with E-state index >= 15 is 0 Å². The lowest BCUT2D eigenvalue weighted by Crippen LogP contribution is -2.56. The Kier molecular flexibility index (Phi) is 13.9. The smallest absolute Gasteiger partial charge is 0.341 e. The van der Waals surface area contributed by atoms with Gasteiger partial charge >= 0.3 is 17.6 Å². The fraction of sp³-hybridized carbons (Fsp3) is 0.483. The average molecular weight is 605 g/mol. The summed E-state index contributed by atoms with van der Waals surface area (Å²) in [5.41, 5.74) is 7.24. The summed E-state index contributed by atoms with van der Waals surface area (Å²) in [6.45, 7) is 27.8. The van der Waals surface area contributed by atoms with Crippen LogP contribution < -0.4 is 16.0 Å². The molecule has 10 heteroatoms. The molecule has 216 valence electrons. The van der Waals surface area contributed by atoms with Crippen LogP contribution >= 0.6 is 0 Å². The summed E-state index contributed by atoms with van der Waals surface area (Å²) in [6.07, 6.45) is 1.06. The van der Waals surface area contributed by atoms with Gasteiger partial charge in [0, 0.05) is 6.07 Å². The van der Waals surface area contributed by atoms with Gasteiger partial charge in [0.2, 0.25) is 0 Å². The first-order valence-electron chi connectivity index (χ1n) is 13.0. The topological polar surface area (TPSA) is 82.8 Å². The SMILES string of the molecule is COC(=O)c1ccc(=O)oc1.COC(=O)c1ccc([Si](C)(C)C)c([Si](C)(C)C)c1.C[Si](C)(C)C#C[Si](C)(C)C. The number of hydrogen-bond acceptors (Lipinski definition) is 6. The summed E-state index contributed by atoms with van der Waals surface area (Å²) in [7, 11) is -2.32. The molecular formula is C29H48O6Si4. The van der Waals surface area contributed by atoms with Crippen LogP contribution in [0.3, 0.4) is 0 Å². The van der Waals surface area contributed by atoms with Crippen molar-refractivity contribution in [3.05, 3.63) is 58.1 Å². The molecule has 0 aliphatic rings. The molecular weight excluding hydrogens is 557 g/mol. The molecule has 0 unspecified atom stereocenters. The molecule has 0 saturated heterocycles. The van der Waals surface area contributed by atoms with Crippen molar-refractivity contribution in [3.63, 3.8) is 0 Å². The molecule has 0 amide bonds. The van der Waals surface area contributed by atoms with Gasteiger partial charge in [0.05, 0.1) is 41.5 Å². The van der Waals surface area contributed by atoms with Crippen molar-refractivity contribution >= 4 is 54.6 Å². The van der Waals surface area contributed by atoms with E-state index in [4.69, 9.17) is 4.74 Å². The first-order valence-corrected chi connectivity index (χ1v) is 27.0. The van der Waals surface area contributed by atoms with Gasteiger partial charge in [0.25, 0.3) is 0 Å². The first-order chi connectivity index (χ1) is 17.5. The maximum Gasteiger partial charge on any atom is 0.341 e. The van der Waals surface area contributed by atoms with E-state index in [1.54, 1.807) is 0 Å². The van der Waals surface area contributed by atoms with E-state index in [1.165, 1.54) is 30.7 Å². The van der Waals surface area contributed by atoms with Crippen molar-refractivity contribution < 1.29 is 23.5 Å². The number of benzene rings is 1. The molecule has 0 fully saturated rings. The molecule has 0 atom stereocenters. The van der Waals surface area contributed by atoms with Gasteiger partial charge < -0.3 is 13.9 Å². The van der Waals surface area contributed by atoms with E-state index in [0.29, 0.717) is 5.56 Å². The maximum atomic E-state index is 11.7. The zero-order chi connectivity index (χ0) is 30.8. The Morgan fingerprint density at radius 3 is 1.38 bits per heavy atom. The fourth-order valence-corrected chi connectivity index (χ4v) is 11.2. The summed E-state index contributed by atoms with van der Waals surface area (Å²) in [6, 6.07) is 8.62. The van der Waals surface area contributed by atoms with Crippen LogP contribution in [-0.4, -0.2) is 58.5 Å². The predicted molar refractivity (Wildman–Crippen MR) is 175 cm³/mol. The normalized spacial score (nSPS) is 11.4. The minimum Gasteiger partial charge on any atom is -0.465 e. The molecule has 2 rings (SSSR count). The third-order valence-electron chi connectivity index (χ3n) is 4.99. The van der Waals surface area contributed by atoms with Gasteiger partial charge in [0.15, 0.2) is 0 Å². The standard InChI is InChI=1S/C14H24O2Si2.C8H18Si2.C7H6O4/c1-16-14(15)11-8-9-12(17(2,3)4)13(10-11)18(5,6)7;1-9(2,3)7-8-10(4,5)6;1-10-7(9)5-2-3-6(8)11-4-5/h8-10H,1-7H3;1-6H3;2-4H,1H3. The number of ether oxygens (including phenoxy) is 2. The average Bonchev–Trinajstić information content (AvgIpc) is 2.81. The van der Waals surface area contributed by atoms with E-state index in [0.717, 1.165) is 12.3 Å². The fourth-order valence-electron chi connectivity index (χ4n) is 3.03. The van der Waals surface area contributed by atoms with E-state index in [9.17, 15) is 14.4 Å². The maximum absolute atomic E-state index is 11.7. The largest absolute Gasteiger partial charge is 0.465 e. The van der Waals surface area contributed by atoms with E-state index in [1.807, 2.05) is 6.07 Å².